The van der Waals surface area contributed by atoms with Crippen molar-refractivity contribution in [2.24, 2.45) is 0 Å². The summed E-state index contributed by atoms with van der Waals surface area (Å²) < 4.78 is 0. The monoisotopic (exact) mass is 329 g/mol. The lowest BCUT2D eigenvalue weighted by Gasteiger charge is -2.29. The van der Waals surface area contributed by atoms with E-state index < -0.39 is 0 Å². The van der Waals surface area contributed by atoms with Crippen LogP contribution in [0.25, 0.3) is 0 Å². The Labute approximate surface area is 146 Å². The van der Waals surface area contributed by atoms with E-state index in [-0.39, 0.29) is 11.9 Å². The molecule has 1 N–H and O–H groups in total. The van der Waals surface area contributed by atoms with Crippen molar-refractivity contribution >= 4 is 5.91 Å². The molecule has 2 aliphatic heterocycles. The Hall–Kier alpha value is -1.39. The molecule has 2 atom stereocenters. The first-order chi connectivity index (χ1) is 11.6. The number of aryl methyl sites for hydroxylation is 1. The van der Waals surface area contributed by atoms with Crippen LogP contribution in [0, 0.1) is 6.92 Å². The number of amides is 1. The van der Waals surface area contributed by atoms with Crippen molar-refractivity contribution in [1.82, 2.24) is 15.1 Å². The first kappa shape index (κ1) is 17.4. The number of carbonyl (C=O) groups excluding carboxylic acids is 1. The molecule has 0 bridgehead atoms. The van der Waals surface area contributed by atoms with Gasteiger partial charge >= 0.3 is 0 Å². The highest BCUT2D eigenvalue weighted by atomic mass is 16.2. The summed E-state index contributed by atoms with van der Waals surface area (Å²) in [5.74, 6) is 0.176. The highest BCUT2D eigenvalue weighted by Gasteiger charge is 2.32. The summed E-state index contributed by atoms with van der Waals surface area (Å²) in [5, 5.41) is 3.14. The number of benzene rings is 1. The van der Waals surface area contributed by atoms with Gasteiger partial charge in [-0.2, -0.15) is 0 Å². The maximum atomic E-state index is 12.6. The average molecular weight is 329 g/mol. The van der Waals surface area contributed by atoms with Crippen LogP contribution in [0.1, 0.15) is 37.3 Å². The smallest absolute Gasteiger partial charge is 0.237 e. The summed E-state index contributed by atoms with van der Waals surface area (Å²) in [6.45, 7) is 9.44. The molecule has 0 spiro atoms. The normalized spacial score (nSPS) is 23.5. The van der Waals surface area contributed by atoms with Crippen molar-refractivity contribution < 1.29 is 4.79 Å². The lowest BCUT2D eigenvalue weighted by atomic mass is 10.1. The second kappa shape index (κ2) is 8.13. The summed E-state index contributed by atoms with van der Waals surface area (Å²) >= 11 is 0. The van der Waals surface area contributed by atoms with Crippen molar-refractivity contribution in [3.63, 3.8) is 0 Å². The van der Waals surface area contributed by atoms with Crippen LogP contribution in [-0.4, -0.2) is 60.5 Å². The number of rotatable bonds is 5. The number of fused-ring (bicyclic) bond motifs is 1. The minimum Gasteiger partial charge on any atom is -0.354 e. The minimum absolute atomic E-state index is 0.0255. The van der Waals surface area contributed by atoms with Gasteiger partial charge in [0.05, 0.1) is 6.04 Å². The SMILES string of the molecule is Cc1ccccc1CCNC(=O)[C@@H](C)N1CCCN2CCC[C@H]2C1. The zero-order valence-corrected chi connectivity index (χ0v) is 15.1. The molecule has 1 amide bonds. The Balaban J connectivity index is 1.48. The van der Waals surface area contributed by atoms with Gasteiger partial charge in [-0.3, -0.25) is 14.6 Å². The average Bonchev–Trinajstić information content (AvgIpc) is 2.92. The van der Waals surface area contributed by atoms with E-state index in [2.05, 4.69) is 53.2 Å². The van der Waals surface area contributed by atoms with Crippen molar-refractivity contribution in [2.75, 3.05) is 32.7 Å². The van der Waals surface area contributed by atoms with Crippen LogP contribution in [0.2, 0.25) is 0 Å². The summed E-state index contributed by atoms with van der Waals surface area (Å²) in [4.78, 5) is 17.6. The van der Waals surface area contributed by atoms with Crippen LogP contribution >= 0.6 is 0 Å². The number of hydrogen-bond donors (Lipinski definition) is 1. The van der Waals surface area contributed by atoms with Crippen LogP contribution in [-0.2, 0) is 11.2 Å². The van der Waals surface area contributed by atoms with Gasteiger partial charge in [0.25, 0.3) is 0 Å². The number of hydrogen-bond acceptors (Lipinski definition) is 3. The zero-order valence-electron chi connectivity index (χ0n) is 15.1. The van der Waals surface area contributed by atoms with E-state index in [0.29, 0.717) is 6.04 Å². The Morgan fingerprint density at radius 1 is 1.25 bits per heavy atom. The Morgan fingerprint density at radius 3 is 2.88 bits per heavy atom. The van der Waals surface area contributed by atoms with E-state index in [1.807, 2.05) is 0 Å². The van der Waals surface area contributed by atoms with E-state index >= 15 is 0 Å². The molecule has 0 aliphatic carbocycles. The minimum atomic E-state index is -0.0255. The molecule has 4 nitrogen and oxygen atoms in total. The first-order valence-electron chi connectivity index (χ1n) is 9.45. The molecule has 2 aliphatic rings. The van der Waals surface area contributed by atoms with Crippen LogP contribution in [0.3, 0.4) is 0 Å². The molecule has 0 aromatic heterocycles. The van der Waals surface area contributed by atoms with Gasteiger partial charge in [0.2, 0.25) is 5.91 Å². The standard InChI is InChI=1S/C20H31N3O/c1-16-7-3-4-8-18(16)10-11-21-20(24)17(2)23-14-6-13-22-12-5-9-19(22)15-23/h3-4,7-8,17,19H,5-6,9-15H2,1-2H3,(H,21,24)/t17-,19+/m1/s1. The Bertz CT molecular complexity index is 560. The summed E-state index contributed by atoms with van der Waals surface area (Å²) in [7, 11) is 0. The quantitative estimate of drug-likeness (QED) is 0.900. The topological polar surface area (TPSA) is 35.6 Å². The van der Waals surface area contributed by atoms with Gasteiger partial charge in [0.1, 0.15) is 0 Å². The molecule has 24 heavy (non-hydrogen) atoms. The van der Waals surface area contributed by atoms with Crippen molar-refractivity contribution in [1.29, 1.82) is 0 Å². The molecule has 0 radical (unpaired) electrons. The second-order valence-corrected chi connectivity index (χ2v) is 7.32. The van der Waals surface area contributed by atoms with E-state index in [9.17, 15) is 4.79 Å². The van der Waals surface area contributed by atoms with Crippen LogP contribution < -0.4 is 5.32 Å². The predicted octanol–water partition coefficient (Wildman–Crippen LogP) is 2.21. The van der Waals surface area contributed by atoms with Crippen LogP contribution in [0.15, 0.2) is 24.3 Å². The predicted molar refractivity (Wildman–Crippen MR) is 98.1 cm³/mol. The maximum Gasteiger partial charge on any atom is 0.237 e. The molecule has 0 saturated carbocycles. The maximum absolute atomic E-state index is 12.6. The fraction of sp³-hybridized carbons (Fsp3) is 0.650. The van der Waals surface area contributed by atoms with Gasteiger partial charge in [-0.1, -0.05) is 24.3 Å². The highest BCUT2D eigenvalue weighted by molar-refractivity contribution is 5.81. The zero-order chi connectivity index (χ0) is 16.9. The largest absolute Gasteiger partial charge is 0.354 e. The third kappa shape index (κ3) is 4.17. The first-order valence-corrected chi connectivity index (χ1v) is 9.45. The Morgan fingerprint density at radius 2 is 2.04 bits per heavy atom. The van der Waals surface area contributed by atoms with Crippen molar-refractivity contribution in [3.05, 3.63) is 35.4 Å². The van der Waals surface area contributed by atoms with E-state index in [0.717, 1.165) is 26.1 Å². The van der Waals surface area contributed by atoms with Crippen LogP contribution in [0.5, 0.6) is 0 Å². The molecule has 2 heterocycles. The van der Waals surface area contributed by atoms with Gasteiger partial charge in [0, 0.05) is 25.7 Å². The lowest BCUT2D eigenvalue weighted by molar-refractivity contribution is -0.125. The Kier molecular flexibility index (Phi) is 5.90. The fourth-order valence-corrected chi connectivity index (χ4v) is 4.11. The number of carbonyl (C=O) groups is 1. The van der Waals surface area contributed by atoms with Gasteiger partial charge in [-0.05, 0) is 63.7 Å². The fourth-order valence-electron chi connectivity index (χ4n) is 4.11. The van der Waals surface area contributed by atoms with E-state index in [1.54, 1.807) is 0 Å². The van der Waals surface area contributed by atoms with Crippen molar-refractivity contribution in [3.8, 4) is 0 Å². The molecule has 132 valence electrons. The summed E-state index contributed by atoms with van der Waals surface area (Å²) in [6, 6.07) is 9.04. The van der Waals surface area contributed by atoms with Crippen LogP contribution in [0.4, 0.5) is 0 Å². The number of nitrogens with zero attached hydrogens (tertiary/aromatic N) is 2. The lowest BCUT2D eigenvalue weighted by Crippen LogP contribution is -2.48. The molecule has 2 saturated heterocycles. The van der Waals surface area contributed by atoms with E-state index in [1.165, 1.54) is 43.5 Å². The molecular weight excluding hydrogens is 298 g/mol. The second-order valence-electron chi connectivity index (χ2n) is 7.32. The summed E-state index contributed by atoms with van der Waals surface area (Å²) in [6.07, 6.45) is 4.69. The third-order valence-corrected chi connectivity index (χ3v) is 5.72. The van der Waals surface area contributed by atoms with Gasteiger partial charge in [-0.25, -0.2) is 0 Å². The third-order valence-electron chi connectivity index (χ3n) is 5.72. The molecule has 1 aromatic rings. The molecule has 3 rings (SSSR count). The highest BCUT2D eigenvalue weighted by Crippen LogP contribution is 2.22. The van der Waals surface area contributed by atoms with Crippen molar-refractivity contribution in [2.45, 2.75) is 51.6 Å². The van der Waals surface area contributed by atoms with Gasteiger partial charge in [-0.15, -0.1) is 0 Å². The van der Waals surface area contributed by atoms with Gasteiger partial charge in [0.15, 0.2) is 0 Å². The molecule has 0 unspecified atom stereocenters. The van der Waals surface area contributed by atoms with E-state index in [4.69, 9.17) is 0 Å². The number of nitrogens with one attached hydrogen (secondary N) is 1. The molecular formula is C20H31N3O. The van der Waals surface area contributed by atoms with Gasteiger partial charge < -0.3 is 5.32 Å². The molecule has 2 fully saturated rings. The molecule has 4 heteroatoms. The summed E-state index contributed by atoms with van der Waals surface area (Å²) in [5.41, 5.74) is 2.62. The molecule has 1 aromatic carbocycles.